The average molecular weight is 571 g/mol. The molecule has 0 saturated carbocycles. The fourth-order valence-electron chi connectivity index (χ4n) is 3.64. The van der Waals surface area contributed by atoms with Crippen LogP contribution in [0.2, 0.25) is 0 Å². The third-order valence-corrected chi connectivity index (χ3v) is 7.88. The SMILES string of the molecule is Cc1ccc(-c2c(C#N)c(N)nc(SCC(=O)Nc3ccc(S(=O)(=O)Nc4nccc(C)n4)cc3)c2C#N)cc1. The number of aryl methyl sites for hydroxylation is 2. The van der Waals surface area contributed by atoms with Crippen LogP contribution in [0.15, 0.2) is 70.7 Å². The van der Waals surface area contributed by atoms with E-state index in [-0.39, 0.29) is 38.6 Å². The molecule has 0 aliphatic carbocycles. The third kappa shape index (κ3) is 6.35. The second-order valence-corrected chi connectivity index (χ2v) is 11.2. The molecule has 0 aliphatic rings. The number of carbonyl (C=O) groups is 1. The first-order valence-corrected chi connectivity index (χ1v) is 14.1. The van der Waals surface area contributed by atoms with Gasteiger partial charge in [-0.1, -0.05) is 41.6 Å². The van der Waals surface area contributed by atoms with Gasteiger partial charge in [-0.2, -0.15) is 10.5 Å². The summed E-state index contributed by atoms with van der Waals surface area (Å²) in [6.45, 7) is 3.64. The molecular formula is C27H22N8O3S2. The summed E-state index contributed by atoms with van der Waals surface area (Å²) in [6, 6.07) is 18.6. The third-order valence-electron chi connectivity index (χ3n) is 5.56. The number of nitriles is 2. The lowest BCUT2D eigenvalue weighted by molar-refractivity contribution is -0.113. The van der Waals surface area contributed by atoms with Crippen LogP contribution in [0.5, 0.6) is 0 Å². The number of nitrogens with zero attached hydrogens (tertiary/aromatic N) is 5. The summed E-state index contributed by atoms with van der Waals surface area (Å²) in [5, 5.41) is 22.5. The molecule has 0 saturated heterocycles. The van der Waals surface area contributed by atoms with Gasteiger partial charge < -0.3 is 11.1 Å². The van der Waals surface area contributed by atoms with Crippen molar-refractivity contribution in [1.82, 2.24) is 15.0 Å². The number of carbonyl (C=O) groups excluding carboxylic acids is 1. The number of sulfonamides is 1. The van der Waals surface area contributed by atoms with E-state index in [4.69, 9.17) is 5.73 Å². The zero-order valence-electron chi connectivity index (χ0n) is 21.3. The van der Waals surface area contributed by atoms with Crippen LogP contribution in [-0.4, -0.2) is 35.0 Å². The molecule has 11 nitrogen and oxygen atoms in total. The molecule has 0 spiro atoms. The first kappa shape index (κ1) is 28.0. The number of nitrogen functional groups attached to an aromatic ring is 1. The molecule has 40 heavy (non-hydrogen) atoms. The molecule has 1 amide bonds. The number of thioether (sulfide) groups is 1. The van der Waals surface area contributed by atoms with Gasteiger partial charge in [-0.05, 0) is 49.7 Å². The quantitative estimate of drug-likeness (QED) is 0.261. The Labute approximate surface area is 235 Å². The first-order valence-electron chi connectivity index (χ1n) is 11.7. The van der Waals surface area contributed by atoms with E-state index >= 15 is 0 Å². The Balaban J connectivity index is 1.48. The largest absolute Gasteiger partial charge is 0.383 e. The molecule has 0 aliphatic heterocycles. The van der Waals surface area contributed by atoms with E-state index in [2.05, 4.69) is 31.1 Å². The highest BCUT2D eigenvalue weighted by molar-refractivity contribution is 8.00. The van der Waals surface area contributed by atoms with Crippen molar-refractivity contribution in [2.24, 2.45) is 0 Å². The average Bonchev–Trinajstić information content (AvgIpc) is 2.92. The predicted octanol–water partition coefficient (Wildman–Crippen LogP) is 4.01. The smallest absolute Gasteiger partial charge is 0.264 e. The molecule has 0 bridgehead atoms. The van der Waals surface area contributed by atoms with Crippen molar-refractivity contribution in [2.45, 2.75) is 23.8 Å². The number of pyridine rings is 1. The van der Waals surface area contributed by atoms with Crippen molar-refractivity contribution in [1.29, 1.82) is 10.5 Å². The maximum atomic E-state index is 12.7. The summed E-state index contributed by atoms with van der Waals surface area (Å²) in [7, 11) is -3.93. The van der Waals surface area contributed by atoms with Gasteiger partial charge in [0.1, 0.15) is 28.5 Å². The lowest BCUT2D eigenvalue weighted by Gasteiger charge is -2.13. The molecule has 2 aromatic carbocycles. The van der Waals surface area contributed by atoms with E-state index in [1.54, 1.807) is 25.1 Å². The van der Waals surface area contributed by atoms with Crippen LogP contribution in [0.25, 0.3) is 11.1 Å². The highest BCUT2D eigenvalue weighted by Gasteiger charge is 2.21. The summed E-state index contributed by atoms with van der Waals surface area (Å²) in [5.41, 5.74) is 9.26. The van der Waals surface area contributed by atoms with Gasteiger partial charge in [0.2, 0.25) is 11.9 Å². The van der Waals surface area contributed by atoms with E-state index in [1.165, 1.54) is 30.5 Å². The Morgan fingerprint density at radius 1 is 0.975 bits per heavy atom. The number of hydrogen-bond donors (Lipinski definition) is 3. The number of benzene rings is 2. The van der Waals surface area contributed by atoms with Gasteiger partial charge >= 0.3 is 0 Å². The number of anilines is 3. The lowest BCUT2D eigenvalue weighted by Crippen LogP contribution is -2.16. The van der Waals surface area contributed by atoms with Gasteiger partial charge in [0, 0.05) is 23.1 Å². The van der Waals surface area contributed by atoms with Gasteiger partial charge in [-0.15, -0.1) is 0 Å². The molecule has 4 aromatic rings. The van der Waals surface area contributed by atoms with Crippen molar-refractivity contribution < 1.29 is 13.2 Å². The van der Waals surface area contributed by atoms with Crippen molar-refractivity contribution in [3.05, 3.63) is 83.2 Å². The maximum absolute atomic E-state index is 12.7. The molecule has 4 rings (SSSR count). The monoisotopic (exact) mass is 570 g/mol. The van der Waals surface area contributed by atoms with Crippen molar-refractivity contribution >= 4 is 45.1 Å². The zero-order valence-corrected chi connectivity index (χ0v) is 23.0. The number of nitrogens with two attached hydrogens (primary N) is 1. The van der Waals surface area contributed by atoms with Crippen molar-refractivity contribution in [3.8, 4) is 23.3 Å². The Morgan fingerprint density at radius 2 is 1.65 bits per heavy atom. The summed E-state index contributed by atoms with van der Waals surface area (Å²) < 4.78 is 27.6. The van der Waals surface area contributed by atoms with Gasteiger partial charge in [-0.3, -0.25) is 4.79 Å². The molecule has 4 N–H and O–H groups in total. The van der Waals surface area contributed by atoms with Gasteiger partial charge in [0.25, 0.3) is 10.0 Å². The standard InChI is InChI=1S/C27H22N8O3S2/c1-16-3-5-18(6-4-16)24-21(13-28)25(30)34-26(22(24)14-29)39-15-23(36)33-19-7-9-20(10-8-19)40(37,38)35-27-31-12-11-17(2)32-27/h3-12H,15H2,1-2H3,(H2,30,34)(H,33,36)(H,31,32,35). The number of aromatic nitrogens is 3. The summed E-state index contributed by atoms with van der Waals surface area (Å²) >= 11 is 0.999. The molecule has 0 fully saturated rings. The Kier molecular flexibility index (Phi) is 8.29. The molecule has 2 aromatic heterocycles. The summed E-state index contributed by atoms with van der Waals surface area (Å²) in [6.07, 6.45) is 1.45. The summed E-state index contributed by atoms with van der Waals surface area (Å²) in [4.78, 5) is 24.8. The van der Waals surface area contributed by atoms with E-state index in [1.807, 2.05) is 25.1 Å². The summed E-state index contributed by atoms with van der Waals surface area (Å²) in [5.74, 6) is -0.625. The van der Waals surface area contributed by atoms with Crippen LogP contribution >= 0.6 is 11.8 Å². The fraction of sp³-hybridized carbons (Fsp3) is 0.111. The first-order chi connectivity index (χ1) is 19.1. The van der Waals surface area contributed by atoms with Crippen LogP contribution in [-0.2, 0) is 14.8 Å². The second kappa shape index (κ2) is 11.8. The van der Waals surface area contributed by atoms with Crippen LogP contribution in [0.1, 0.15) is 22.4 Å². The van der Waals surface area contributed by atoms with Gasteiger partial charge in [0.15, 0.2) is 0 Å². The van der Waals surface area contributed by atoms with Crippen LogP contribution in [0, 0.1) is 36.5 Å². The molecule has 200 valence electrons. The topological polar surface area (TPSA) is 188 Å². The Morgan fingerprint density at radius 3 is 2.27 bits per heavy atom. The zero-order chi connectivity index (χ0) is 28.9. The lowest BCUT2D eigenvalue weighted by atomic mass is 9.96. The maximum Gasteiger partial charge on any atom is 0.264 e. The highest BCUT2D eigenvalue weighted by Crippen LogP contribution is 2.35. The number of nitrogens with one attached hydrogen (secondary N) is 2. The predicted molar refractivity (Wildman–Crippen MR) is 152 cm³/mol. The minimum absolute atomic E-state index is 0.0375. The van der Waals surface area contributed by atoms with Crippen molar-refractivity contribution in [3.63, 3.8) is 0 Å². The normalized spacial score (nSPS) is 10.8. The molecular weight excluding hydrogens is 548 g/mol. The highest BCUT2D eigenvalue weighted by atomic mass is 32.2. The van der Waals surface area contributed by atoms with Crippen molar-refractivity contribution in [2.75, 3.05) is 21.5 Å². The molecule has 0 radical (unpaired) electrons. The molecule has 0 unspecified atom stereocenters. The van der Waals surface area contributed by atoms with Gasteiger partial charge in [-0.25, -0.2) is 28.1 Å². The van der Waals surface area contributed by atoms with Gasteiger partial charge in [0.05, 0.1) is 16.2 Å². The van der Waals surface area contributed by atoms with Crippen LogP contribution in [0.4, 0.5) is 17.5 Å². The molecule has 2 heterocycles. The fourth-order valence-corrected chi connectivity index (χ4v) is 5.38. The van der Waals surface area contributed by atoms with E-state index in [9.17, 15) is 23.7 Å². The molecule has 0 atom stereocenters. The van der Waals surface area contributed by atoms with E-state index in [0.29, 0.717) is 22.5 Å². The number of amides is 1. The minimum atomic E-state index is -3.93. The van der Waals surface area contributed by atoms with Crippen LogP contribution in [0.3, 0.4) is 0 Å². The van der Waals surface area contributed by atoms with Crippen LogP contribution < -0.4 is 15.8 Å². The molecule has 13 heteroatoms. The van der Waals surface area contributed by atoms with E-state index in [0.717, 1.165) is 17.3 Å². The number of hydrogen-bond acceptors (Lipinski definition) is 10. The Hall–Kier alpha value is -4.98. The number of rotatable bonds is 8. The second-order valence-electron chi connectivity index (χ2n) is 8.51. The minimum Gasteiger partial charge on any atom is -0.383 e. The van der Waals surface area contributed by atoms with E-state index < -0.39 is 15.9 Å². The Bertz CT molecular complexity index is 1780.